The van der Waals surface area contributed by atoms with Crippen molar-refractivity contribution in [2.24, 2.45) is 0 Å². The van der Waals surface area contributed by atoms with E-state index >= 15 is 0 Å². The van der Waals surface area contributed by atoms with Crippen LogP contribution in [0.3, 0.4) is 0 Å². The molecule has 0 bridgehead atoms. The number of rotatable bonds is 10. The zero-order valence-electron chi connectivity index (χ0n) is 15.7. The highest BCUT2D eigenvalue weighted by atomic mass is 16.6. The number of nitro benzene ring substituents is 2. The highest BCUT2D eigenvalue weighted by Crippen LogP contribution is 2.34. The molecule has 154 valence electrons. The summed E-state index contributed by atoms with van der Waals surface area (Å²) < 4.78 is 15.5. The van der Waals surface area contributed by atoms with Crippen LogP contribution in [0, 0.1) is 20.2 Å². The van der Waals surface area contributed by atoms with Gasteiger partial charge in [0.2, 0.25) is 0 Å². The van der Waals surface area contributed by atoms with E-state index < -0.39 is 15.8 Å². The van der Waals surface area contributed by atoms with E-state index in [0.29, 0.717) is 17.1 Å². The summed E-state index contributed by atoms with van der Waals surface area (Å²) in [6, 6.07) is 8.08. The number of hydrogen-bond acceptors (Lipinski definition) is 8. The molecule has 0 saturated carbocycles. The molecule has 11 heteroatoms. The highest BCUT2D eigenvalue weighted by Gasteiger charge is 2.19. The van der Waals surface area contributed by atoms with Crippen molar-refractivity contribution in [1.29, 1.82) is 0 Å². The Morgan fingerprint density at radius 3 is 2.17 bits per heavy atom. The smallest absolute Gasteiger partial charge is 0.276 e. The van der Waals surface area contributed by atoms with Gasteiger partial charge in [0.15, 0.2) is 18.1 Å². The van der Waals surface area contributed by atoms with E-state index in [0.717, 1.165) is 0 Å². The van der Waals surface area contributed by atoms with Crippen LogP contribution in [0.15, 0.2) is 36.4 Å². The lowest BCUT2D eigenvalue weighted by Gasteiger charge is -2.11. The number of non-ortho nitro benzene ring substituents is 1. The van der Waals surface area contributed by atoms with Crippen molar-refractivity contribution < 1.29 is 28.9 Å². The van der Waals surface area contributed by atoms with Crippen LogP contribution in [-0.4, -0.2) is 43.1 Å². The van der Waals surface area contributed by atoms with E-state index in [2.05, 4.69) is 5.32 Å². The lowest BCUT2D eigenvalue weighted by atomic mass is 10.1. The molecular formula is C18H19N3O8. The van der Waals surface area contributed by atoms with Crippen molar-refractivity contribution >= 4 is 17.3 Å². The van der Waals surface area contributed by atoms with Crippen LogP contribution in [0.2, 0.25) is 0 Å². The third-order valence-corrected chi connectivity index (χ3v) is 3.92. The minimum Gasteiger partial charge on any atom is -0.493 e. The van der Waals surface area contributed by atoms with Gasteiger partial charge in [-0.15, -0.1) is 0 Å². The number of carbonyl (C=O) groups is 1. The first-order valence-corrected chi connectivity index (χ1v) is 8.39. The molecule has 0 unspecified atom stereocenters. The minimum atomic E-state index is -0.538. The molecule has 0 aliphatic carbocycles. The Hall–Kier alpha value is -3.89. The van der Waals surface area contributed by atoms with Crippen LogP contribution >= 0.6 is 0 Å². The number of carbonyl (C=O) groups excluding carboxylic acids is 1. The van der Waals surface area contributed by atoms with Gasteiger partial charge in [0.25, 0.3) is 17.3 Å². The summed E-state index contributed by atoms with van der Waals surface area (Å²) in [5.41, 5.74) is 0.154. The summed E-state index contributed by atoms with van der Waals surface area (Å²) in [7, 11) is 2.80. The molecule has 2 aromatic carbocycles. The predicted octanol–water partition coefficient (Wildman–Crippen LogP) is 2.26. The van der Waals surface area contributed by atoms with Crippen molar-refractivity contribution in [3.8, 4) is 17.2 Å². The molecule has 0 heterocycles. The number of nitrogens with zero attached hydrogens (tertiary/aromatic N) is 2. The van der Waals surface area contributed by atoms with Crippen molar-refractivity contribution in [3.05, 3.63) is 62.2 Å². The van der Waals surface area contributed by atoms with Crippen LogP contribution in [0.4, 0.5) is 11.4 Å². The average molecular weight is 405 g/mol. The van der Waals surface area contributed by atoms with Crippen molar-refractivity contribution in [1.82, 2.24) is 5.32 Å². The number of methoxy groups -OCH3 is 2. The number of amides is 1. The Bertz CT molecular complexity index is 899. The average Bonchev–Trinajstić information content (AvgIpc) is 2.71. The summed E-state index contributed by atoms with van der Waals surface area (Å²) in [6.45, 7) is -0.162. The van der Waals surface area contributed by atoms with Gasteiger partial charge >= 0.3 is 0 Å². The maximum absolute atomic E-state index is 11.9. The van der Waals surface area contributed by atoms with Gasteiger partial charge < -0.3 is 19.5 Å². The standard InChI is InChI=1S/C18H19N3O8/c1-27-16-9-12(15(21(25)26)10-17(16)28-2)7-8-19-18(22)11-29-14-5-3-13(4-6-14)20(23)24/h3-6,9-10H,7-8,11H2,1-2H3,(H,19,22). The lowest BCUT2D eigenvalue weighted by Crippen LogP contribution is -2.30. The lowest BCUT2D eigenvalue weighted by molar-refractivity contribution is -0.385. The monoisotopic (exact) mass is 405 g/mol. The van der Waals surface area contributed by atoms with Crippen molar-refractivity contribution in [2.75, 3.05) is 27.4 Å². The Balaban J connectivity index is 1.91. The van der Waals surface area contributed by atoms with Crippen LogP contribution in [0.5, 0.6) is 17.2 Å². The SMILES string of the molecule is COc1cc(CCNC(=O)COc2ccc([N+](=O)[O-])cc2)c([N+](=O)[O-])cc1OC. The molecule has 29 heavy (non-hydrogen) atoms. The fraction of sp³-hybridized carbons (Fsp3) is 0.278. The molecular weight excluding hydrogens is 386 g/mol. The summed E-state index contributed by atoms with van der Waals surface area (Å²) in [6.07, 6.45) is 0.194. The topological polar surface area (TPSA) is 143 Å². The molecule has 1 amide bonds. The molecule has 0 saturated heterocycles. The molecule has 0 radical (unpaired) electrons. The molecule has 0 aliphatic heterocycles. The van der Waals surface area contributed by atoms with Gasteiger partial charge in [0.05, 0.1) is 30.1 Å². The van der Waals surface area contributed by atoms with E-state index in [4.69, 9.17) is 14.2 Å². The van der Waals surface area contributed by atoms with Crippen molar-refractivity contribution in [2.45, 2.75) is 6.42 Å². The summed E-state index contributed by atoms with van der Waals surface area (Å²) in [5.74, 6) is 0.456. The maximum Gasteiger partial charge on any atom is 0.276 e. The van der Waals surface area contributed by atoms with Gasteiger partial charge in [-0.05, 0) is 24.6 Å². The Morgan fingerprint density at radius 2 is 1.62 bits per heavy atom. The fourth-order valence-electron chi connectivity index (χ4n) is 2.48. The van der Waals surface area contributed by atoms with E-state index in [-0.39, 0.29) is 36.7 Å². The second kappa shape index (κ2) is 9.88. The third-order valence-electron chi connectivity index (χ3n) is 3.92. The van der Waals surface area contributed by atoms with Crippen molar-refractivity contribution in [3.63, 3.8) is 0 Å². The number of ether oxygens (including phenoxy) is 3. The van der Waals surface area contributed by atoms with Crippen LogP contribution in [-0.2, 0) is 11.2 Å². The third kappa shape index (κ3) is 5.79. The van der Waals surface area contributed by atoms with E-state index in [1.54, 1.807) is 0 Å². The number of benzene rings is 2. The molecule has 0 aliphatic rings. The number of hydrogen-bond donors (Lipinski definition) is 1. The quantitative estimate of drug-likeness (QED) is 0.468. The molecule has 0 spiro atoms. The number of nitrogens with one attached hydrogen (secondary N) is 1. The molecule has 1 N–H and O–H groups in total. The van der Waals surface area contributed by atoms with Crippen LogP contribution < -0.4 is 19.5 Å². The maximum atomic E-state index is 11.9. The van der Waals surface area contributed by atoms with Gasteiger partial charge in [-0.2, -0.15) is 0 Å². The second-order valence-electron chi connectivity index (χ2n) is 5.73. The Labute approximate surface area is 165 Å². The Morgan fingerprint density at radius 1 is 1.00 bits per heavy atom. The molecule has 0 aromatic heterocycles. The van der Waals surface area contributed by atoms with Crippen LogP contribution in [0.1, 0.15) is 5.56 Å². The largest absolute Gasteiger partial charge is 0.493 e. The molecule has 2 aromatic rings. The zero-order valence-corrected chi connectivity index (χ0v) is 15.7. The van der Waals surface area contributed by atoms with Crippen LogP contribution in [0.25, 0.3) is 0 Å². The van der Waals surface area contributed by atoms with Gasteiger partial charge in [0.1, 0.15) is 5.75 Å². The first-order valence-electron chi connectivity index (χ1n) is 8.39. The molecule has 0 fully saturated rings. The normalized spacial score (nSPS) is 10.1. The minimum absolute atomic E-state index is 0.0849. The van der Waals surface area contributed by atoms with E-state index in [1.807, 2.05) is 0 Å². The molecule has 0 atom stereocenters. The number of nitro groups is 2. The predicted molar refractivity (Wildman–Crippen MR) is 102 cm³/mol. The van der Waals surface area contributed by atoms with Gasteiger partial charge in [-0.3, -0.25) is 25.0 Å². The first kappa shape index (κ1) is 21.4. The zero-order chi connectivity index (χ0) is 21.4. The van der Waals surface area contributed by atoms with E-state index in [9.17, 15) is 25.0 Å². The van der Waals surface area contributed by atoms with Gasteiger partial charge in [-0.1, -0.05) is 0 Å². The summed E-state index contributed by atoms with van der Waals surface area (Å²) in [4.78, 5) is 32.7. The highest BCUT2D eigenvalue weighted by molar-refractivity contribution is 5.77. The Kier molecular flexibility index (Phi) is 7.29. The van der Waals surface area contributed by atoms with Gasteiger partial charge in [-0.25, -0.2) is 0 Å². The summed E-state index contributed by atoms with van der Waals surface area (Å²) >= 11 is 0. The fourth-order valence-corrected chi connectivity index (χ4v) is 2.48. The first-order chi connectivity index (χ1) is 13.8. The summed E-state index contributed by atoms with van der Waals surface area (Å²) in [5, 5.41) is 24.5. The molecule has 11 nitrogen and oxygen atoms in total. The second-order valence-corrected chi connectivity index (χ2v) is 5.73. The van der Waals surface area contributed by atoms with Gasteiger partial charge in [0, 0.05) is 24.2 Å². The van der Waals surface area contributed by atoms with E-state index in [1.165, 1.54) is 50.6 Å². The molecule has 2 rings (SSSR count).